The third-order valence-electron chi connectivity index (χ3n) is 2.75. The lowest BCUT2D eigenvalue weighted by molar-refractivity contribution is -0.316. The molecule has 6 nitrogen and oxygen atoms in total. The van der Waals surface area contributed by atoms with Crippen LogP contribution in [0.5, 0.6) is 0 Å². The zero-order chi connectivity index (χ0) is 13.0. The van der Waals surface area contributed by atoms with Crippen molar-refractivity contribution < 1.29 is 29.2 Å². The SMILES string of the molecule is CO[C@@H]1[C@@H](OC(C)C)O[C@H](CO)[C@@H](O)[C@@H]1OC. The zero-order valence-corrected chi connectivity index (χ0v) is 10.7. The van der Waals surface area contributed by atoms with Crippen molar-refractivity contribution in [2.24, 2.45) is 0 Å². The molecule has 17 heavy (non-hydrogen) atoms. The Bertz CT molecular complexity index is 222. The first-order valence-electron chi connectivity index (χ1n) is 5.70. The van der Waals surface area contributed by atoms with Crippen molar-refractivity contribution in [1.29, 1.82) is 0 Å². The molecule has 0 radical (unpaired) electrons. The molecule has 2 N–H and O–H groups in total. The molecule has 0 aliphatic carbocycles. The molecule has 0 aromatic carbocycles. The number of aliphatic hydroxyl groups excluding tert-OH is 2. The van der Waals surface area contributed by atoms with E-state index in [1.54, 1.807) is 0 Å². The fraction of sp³-hybridized carbons (Fsp3) is 1.00. The molecule has 0 spiro atoms. The summed E-state index contributed by atoms with van der Waals surface area (Å²) in [5, 5.41) is 19.1. The lowest BCUT2D eigenvalue weighted by Crippen LogP contribution is -2.60. The van der Waals surface area contributed by atoms with E-state index >= 15 is 0 Å². The van der Waals surface area contributed by atoms with Gasteiger partial charge in [0.15, 0.2) is 6.29 Å². The van der Waals surface area contributed by atoms with Gasteiger partial charge in [0.05, 0.1) is 12.7 Å². The van der Waals surface area contributed by atoms with Crippen molar-refractivity contribution in [2.75, 3.05) is 20.8 Å². The van der Waals surface area contributed by atoms with E-state index < -0.39 is 30.7 Å². The molecule has 6 heteroatoms. The van der Waals surface area contributed by atoms with Gasteiger partial charge in [-0.3, -0.25) is 0 Å². The molecule has 0 aromatic rings. The third-order valence-corrected chi connectivity index (χ3v) is 2.75. The first-order chi connectivity index (χ1) is 8.04. The van der Waals surface area contributed by atoms with Crippen molar-refractivity contribution in [3.63, 3.8) is 0 Å². The van der Waals surface area contributed by atoms with E-state index in [1.807, 2.05) is 13.8 Å². The quantitative estimate of drug-likeness (QED) is 0.686. The second kappa shape index (κ2) is 6.63. The Morgan fingerprint density at radius 1 is 1.18 bits per heavy atom. The van der Waals surface area contributed by atoms with Crippen LogP contribution in [-0.4, -0.2) is 67.8 Å². The Kier molecular flexibility index (Phi) is 5.78. The highest BCUT2D eigenvalue weighted by Crippen LogP contribution is 2.26. The molecule has 0 unspecified atom stereocenters. The number of rotatable bonds is 5. The van der Waals surface area contributed by atoms with Crippen molar-refractivity contribution in [3.8, 4) is 0 Å². The largest absolute Gasteiger partial charge is 0.394 e. The molecular formula is C11H22O6. The smallest absolute Gasteiger partial charge is 0.187 e. The average molecular weight is 250 g/mol. The molecular weight excluding hydrogens is 228 g/mol. The van der Waals surface area contributed by atoms with Gasteiger partial charge in [0.1, 0.15) is 24.4 Å². The fourth-order valence-corrected chi connectivity index (χ4v) is 1.94. The maximum atomic E-state index is 9.94. The summed E-state index contributed by atoms with van der Waals surface area (Å²) >= 11 is 0. The minimum atomic E-state index is -0.943. The highest BCUT2D eigenvalue weighted by molar-refractivity contribution is 4.91. The highest BCUT2D eigenvalue weighted by Gasteiger charge is 2.46. The van der Waals surface area contributed by atoms with E-state index in [9.17, 15) is 5.11 Å². The van der Waals surface area contributed by atoms with Crippen LogP contribution in [0.25, 0.3) is 0 Å². The van der Waals surface area contributed by atoms with Crippen LogP contribution in [0.4, 0.5) is 0 Å². The predicted octanol–water partition coefficient (Wildman–Crippen LogP) is -0.480. The second-order valence-corrected chi connectivity index (χ2v) is 4.30. The molecule has 0 aromatic heterocycles. The lowest BCUT2D eigenvalue weighted by atomic mass is 9.99. The van der Waals surface area contributed by atoms with E-state index in [0.717, 1.165) is 0 Å². The van der Waals surface area contributed by atoms with Crippen LogP contribution in [0.3, 0.4) is 0 Å². The molecule has 1 aliphatic heterocycles. The minimum absolute atomic E-state index is 0.0512. The summed E-state index contributed by atoms with van der Waals surface area (Å²) in [6.07, 6.45) is -3.50. The van der Waals surface area contributed by atoms with Gasteiger partial charge < -0.3 is 29.2 Å². The van der Waals surface area contributed by atoms with Crippen LogP contribution in [0.15, 0.2) is 0 Å². The summed E-state index contributed by atoms with van der Waals surface area (Å²) in [4.78, 5) is 0. The van der Waals surface area contributed by atoms with Crippen LogP contribution >= 0.6 is 0 Å². The van der Waals surface area contributed by atoms with Gasteiger partial charge in [0.2, 0.25) is 0 Å². The van der Waals surface area contributed by atoms with Crippen LogP contribution in [0, 0.1) is 0 Å². The standard InChI is InChI=1S/C11H22O6/c1-6(2)16-11-10(15-4)9(14-3)8(13)7(5-12)17-11/h6-13H,5H2,1-4H3/t7-,8-,9+,10+,11+/m1/s1. The van der Waals surface area contributed by atoms with Gasteiger partial charge in [-0.2, -0.15) is 0 Å². The monoisotopic (exact) mass is 250 g/mol. The number of hydrogen-bond acceptors (Lipinski definition) is 6. The van der Waals surface area contributed by atoms with Gasteiger partial charge in [-0.1, -0.05) is 0 Å². The average Bonchev–Trinajstić information content (AvgIpc) is 2.29. The Morgan fingerprint density at radius 2 is 1.76 bits per heavy atom. The molecule has 5 atom stereocenters. The number of hydrogen-bond donors (Lipinski definition) is 2. The summed E-state index contributed by atoms with van der Waals surface area (Å²) in [6, 6.07) is 0. The fourth-order valence-electron chi connectivity index (χ4n) is 1.94. The molecule has 0 amide bonds. The lowest BCUT2D eigenvalue weighted by Gasteiger charge is -2.43. The van der Waals surface area contributed by atoms with E-state index in [2.05, 4.69) is 0 Å². The van der Waals surface area contributed by atoms with Crippen molar-refractivity contribution in [3.05, 3.63) is 0 Å². The Balaban J connectivity index is 2.80. The third kappa shape index (κ3) is 3.37. The van der Waals surface area contributed by atoms with Crippen LogP contribution in [0.2, 0.25) is 0 Å². The summed E-state index contributed by atoms with van der Waals surface area (Å²) in [5.74, 6) is 0. The van der Waals surface area contributed by atoms with Gasteiger partial charge in [-0.15, -0.1) is 0 Å². The molecule has 1 fully saturated rings. The Morgan fingerprint density at radius 3 is 2.18 bits per heavy atom. The molecule has 102 valence electrons. The summed E-state index contributed by atoms with van der Waals surface area (Å²) in [7, 11) is 2.98. The summed E-state index contributed by atoms with van der Waals surface area (Å²) in [6.45, 7) is 3.45. The maximum absolute atomic E-state index is 9.94. The van der Waals surface area contributed by atoms with Crippen LogP contribution in [0.1, 0.15) is 13.8 Å². The first kappa shape index (κ1) is 14.8. The minimum Gasteiger partial charge on any atom is -0.394 e. The zero-order valence-electron chi connectivity index (χ0n) is 10.7. The van der Waals surface area contributed by atoms with E-state index in [-0.39, 0.29) is 12.7 Å². The predicted molar refractivity (Wildman–Crippen MR) is 59.6 cm³/mol. The molecule has 1 saturated heterocycles. The number of aliphatic hydroxyl groups is 2. The summed E-state index contributed by atoms with van der Waals surface area (Å²) < 4.78 is 21.5. The van der Waals surface area contributed by atoms with Gasteiger partial charge in [0.25, 0.3) is 0 Å². The number of methoxy groups -OCH3 is 2. The Hall–Kier alpha value is -0.240. The molecule has 1 rings (SSSR count). The second-order valence-electron chi connectivity index (χ2n) is 4.30. The molecule has 0 bridgehead atoms. The summed E-state index contributed by atoms with van der Waals surface area (Å²) in [5.41, 5.74) is 0. The Labute approximate surface area is 101 Å². The van der Waals surface area contributed by atoms with E-state index in [4.69, 9.17) is 24.1 Å². The highest BCUT2D eigenvalue weighted by atomic mass is 16.7. The molecule has 1 heterocycles. The van der Waals surface area contributed by atoms with Crippen molar-refractivity contribution in [2.45, 2.75) is 50.7 Å². The van der Waals surface area contributed by atoms with Gasteiger partial charge in [-0.25, -0.2) is 0 Å². The van der Waals surface area contributed by atoms with Gasteiger partial charge in [0, 0.05) is 14.2 Å². The van der Waals surface area contributed by atoms with Gasteiger partial charge >= 0.3 is 0 Å². The number of ether oxygens (including phenoxy) is 4. The molecule has 1 aliphatic rings. The maximum Gasteiger partial charge on any atom is 0.187 e. The van der Waals surface area contributed by atoms with E-state index in [0.29, 0.717) is 0 Å². The van der Waals surface area contributed by atoms with Crippen LogP contribution < -0.4 is 0 Å². The van der Waals surface area contributed by atoms with E-state index in [1.165, 1.54) is 14.2 Å². The van der Waals surface area contributed by atoms with Crippen molar-refractivity contribution >= 4 is 0 Å². The molecule has 0 saturated carbocycles. The van der Waals surface area contributed by atoms with Crippen molar-refractivity contribution in [1.82, 2.24) is 0 Å². The van der Waals surface area contributed by atoms with Crippen LogP contribution in [-0.2, 0) is 18.9 Å². The normalized spacial score (nSPS) is 38.6. The first-order valence-corrected chi connectivity index (χ1v) is 5.70. The topological polar surface area (TPSA) is 77.4 Å². The van der Waals surface area contributed by atoms with Gasteiger partial charge in [-0.05, 0) is 13.8 Å².